The van der Waals surface area contributed by atoms with E-state index in [1.807, 2.05) is 0 Å². The van der Waals surface area contributed by atoms with Gasteiger partial charge in [0.15, 0.2) is 5.13 Å². The van der Waals surface area contributed by atoms with Gasteiger partial charge in [-0.2, -0.15) is 0 Å². The molecule has 8 heteroatoms. The smallest absolute Gasteiger partial charge is 0.257 e. The summed E-state index contributed by atoms with van der Waals surface area (Å²) in [6, 6.07) is 1.68. The van der Waals surface area contributed by atoms with E-state index in [-0.39, 0.29) is 11.8 Å². The van der Waals surface area contributed by atoms with Crippen molar-refractivity contribution in [3.05, 3.63) is 34.7 Å². The molecular formula is C18H22N4O3S. The fourth-order valence-corrected chi connectivity index (χ4v) is 4.51. The molecule has 4 rings (SSSR count). The quantitative estimate of drug-likeness (QED) is 0.886. The third-order valence-corrected chi connectivity index (χ3v) is 5.96. The second-order valence-electron chi connectivity index (χ2n) is 6.72. The molecule has 1 aliphatic carbocycles. The van der Waals surface area contributed by atoms with Crippen LogP contribution in [0.5, 0.6) is 0 Å². The summed E-state index contributed by atoms with van der Waals surface area (Å²) in [5.41, 5.74) is 1.73. The highest BCUT2D eigenvalue weighted by atomic mass is 32.1. The molecule has 1 saturated heterocycles. The van der Waals surface area contributed by atoms with E-state index in [2.05, 4.69) is 15.2 Å². The molecule has 0 radical (unpaired) electrons. The lowest BCUT2D eigenvalue weighted by molar-refractivity contribution is -0.117. The summed E-state index contributed by atoms with van der Waals surface area (Å²) in [5.74, 6) is -0.0538. The Morgan fingerprint density at radius 3 is 2.73 bits per heavy atom. The van der Waals surface area contributed by atoms with E-state index in [9.17, 15) is 9.59 Å². The van der Waals surface area contributed by atoms with Gasteiger partial charge in [0, 0.05) is 31.1 Å². The largest absolute Gasteiger partial charge is 0.472 e. The van der Waals surface area contributed by atoms with Gasteiger partial charge in [0.05, 0.1) is 24.1 Å². The minimum Gasteiger partial charge on any atom is -0.472 e. The van der Waals surface area contributed by atoms with Crippen molar-refractivity contribution >= 4 is 28.3 Å². The predicted octanol–water partition coefficient (Wildman–Crippen LogP) is 2.01. The number of nitrogens with zero attached hydrogens (tertiary/aromatic N) is 3. The van der Waals surface area contributed by atoms with Gasteiger partial charge < -0.3 is 14.6 Å². The lowest BCUT2D eigenvalue weighted by atomic mass is 10.0. The highest BCUT2D eigenvalue weighted by Crippen LogP contribution is 2.29. The van der Waals surface area contributed by atoms with E-state index >= 15 is 0 Å². The molecule has 2 amide bonds. The molecule has 1 fully saturated rings. The lowest BCUT2D eigenvalue weighted by Gasteiger charge is -2.34. The number of furan rings is 1. The van der Waals surface area contributed by atoms with Gasteiger partial charge in [-0.25, -0.2) is 4.98 Å². The lowest BCUT2D eigenvalue weighted by Crippen LogP contribution is -2.50. The molecule has 7 nitrogen and oxygen atoms in total. The topological polar surface area (TPSA) is 78.7 Å². The number of rotatable bonds is 4. The Balaban J connectivity index is 1.25. The van der Waals surface area contributed by atoms with Gasteiger partial charge >= 0.3 is 0 Å². The van der Waals surface area contributed by atoms with Crippen LogP contribution in [0.4, 0.5) is 5.13 Å². The van der Waals surface area contributed by atoms with Crippen LogP contribution < -0.4 is 5.32 Å². The third-order valence-electron chi connectivity index (χ3n) is 4.89. The summed E-state index contributed by atoms with van der Waals surface area (Å²) >= 11 is 1.61. The predicted molar refractivity (Wildman–Crippen MR) is 98.4 cm³/mol. The van der Waals surface area contributed by atoms with Gasteiger partial charge in [0.25, 0.3) is 5.91 Å². The summed E-state index contributed by atoms with van der Waals surface area (Å²) in [6.45, 7) is 2.93. The van der Waals surface area contributed by atoms with E-state index in [1.165, 1.54) is 30.2 Å². The zero-order valence-electron chi connectivity index (χ0n) is 14.6. The molecule has 0 bridgehead atoms. The zero-order valence-corrected chi connectivity index (χ0v) is 15.4. The number of aryl methyl sites for hydroxylation is 2. The van der Waals surface area contributed by atoms with Crippen LogP contribution in [0.15, 0.2) is 23.0 Å². The van der Waals surface area contributed by atoms with Crippen molar-refractivity contribution in [3.8, 4) is 0 Å². The number of aromatic nitrogens is 1. The van der Waals surface area contributed by atoms with E-state index < -0.39 is 0 Å². The molecule has 2 aliphatic rings. The second-order valence-corrected chi connectivity index (χ2v) is 7.81. The average Bonchev–Trinajstić information content (AvgIpc) is 3.31. The minimum atomic E-state index is -0.0364. The minimum absolute atomic E-state index is 0.0174. The van der Waals surface area contributed by atoms with Crippen LogP contribution in [0, 0.1) is 0 Å². The number of fused-ring (bicyclic) bond motifs is 1. The number of carbonyl (C=O) groups is 2. The van der Waals surface area contributed by atoms with Crippen molar-refractivity contribution in [1.29, 1.82) is 0 Å². The van der Waals surface area contributed by atoms with Gasteiger partial charge in [-0.3, -0.25) is 14.5 Å². The maximum Gasteiger partial charge on any atom is 0.257 e. The molecular weight excluding hydrogens is 352 g/mol. The van der Waals surface area contributed by atoms with Gasteiger partial charge in [-0.05, 0) is 31.7 Å². The number of piperazine rings is 1. The zero-order chi connectivity index (χ0) is 17.9. The van der Waals surface area contributed by atoms with E-state index in [1.54, 1.807) is 22.3 Å². The summed E-state index contributed by atoms with van der Waals surface area (Å²) in [6.07, 6.45) is 7.47. The van der Waals surface area contributed by atoms with Crippen molar-refractivity contribution in [2.75, 3.05) is 38.0 Å². The Hall–Kier alpha value is -2.19. The van der Waals surface area contributed by atoms with Crippen LogP contribution in [-0.2, 0) is 17.6 Å². The highest BCUT2D eigenvalue weighted by Gasteiger charge is 2.24. The maximum absolute atomic E-state index is 12.3. The van der Waals surface area contributed by atoms with Crippen LogP contribution in [0.3, 0.4) is 0 Å². The van der Waals surface area contributed by atoms with Crippen LogP contribution in [0.2, 0.25) is 0 Å². The summed E-state index contributed by atoms with van der Waals surface area (Å²) in [5, 5.41) is 3.65. The first-order valence-electron chi connectivity index (χ1n) is 9.01. The van der Waals surface area contributed by atoms with E-state index in [0.717, 1.165) is 23.7 Å². The van der Waals surface area contributed by atoms with Gasteiger partial charge in [0.1, 0.15) is 6.26 Å². The summed E-state index contributed by atoms with van der Waals surface area (Å²) in [7, 11) is 0. The Morgan fingerprint density at radius 2 is 2.00 bits per heavy atom. The number of nitrogens with one attached hydrogen (secondary N) is 1. The molecule has 0 saturated carbocycles. The van der Waals surface area contributed by atoms with Crippen LogP contribution in [0.1, 0.15) is 33.8 Å². The number of thiazole rings is 1. The molecule has 2 aromatic rings. The fourth-order valence-electron chi connectivity index (χ4n) is 3.45. The van der Waals surface area contributed by atoms with E-state index in [4.69, 9.17) is 4.42 Å². The third kappa shape index (κ3) is 3.81. The van der Waals surface area contributed by atoms with Crippen LogP contribution in [-0.4, -0.2) is 59.3 Å². The number of anilines is 1. The molecule has 0 atom stereocenters. The van der Waals surface area contributed by atoms with Gasteiger partial charge in [-0.15, -0.1) is 11.3 Å². The molecule has 26 heavy (non-hydrogen) atoms. The number of carbonyl (C=O) groups excluding carboxylic acids is 2. The molecule has 1 N–H and O–H groups in total. The standard InChI is InChI=1S/C18H22N4O3S/c23-16(20-18-19-14-3-1-2-4-15(14)26-18)11-21-6-8-22(9-7-21)17(24)13-5-10-25-12-13/h5,10,12H,1-4,6-9,11H2,(H,19,20,23). The maximum atomic E-state index is 12.3. The normalized spacial score (nSPS) is 17.8. The Morgan fingerprint density at radius 1 is 1.19 bits per heavy atom. The summed E-state index contributed by atoms with van der Waals surface area (Å²) in [4.78, 5) is 34.3. The van der Waals surface area contributed by atoms with Crippen molar-refractivity contribution < 1.29 is 14.0 Å². The van der Waals surface area contributed by atoms with Crippen molar-refractivity contribution in [2.45, 2.75) is 25.7 Å². The van der Waals surface area contributed by atoms with Gasteiger partial charge in [0.2, 0.25) is 5.91 Å². The first kappa shape index (κ1) is 17.2. The molecule has 0 spiro atoms. The number of hydrogen-bond donors (Lipinski definition) is 1. The van der Waals surface area contributed by atoms with Crippen molar-refractivity contribution in [2.24, 2.45) is 0 Å². The fraction of sp³-hybridized carbons (Fsp3) is 0.500. The molecule has 0 aromatic carbocycles. The molecule has 1 aliphatic heterocycles. The monoisotopic (exact) mass is 374 g/mol. The average molecular weight is 374 g/mol. The SMILES string of the molecule is O=C(CN1CCN(C(=O)c2ccoc2)CC1)Nc1nc2c(s1)CCCC2. The van der Waals surface area contributed by atoms with Crippen molar-refractivity contribution in [3.63, 3.8) is 0 Å². The molecule has 0 unspecified atom stereocenters. The Kier molecular flexibility index (Phi) is 5.03. The van der Waals surface area contributed by atoms with E-state index in [0.29, 0.717) is 38.3 Å². The molecule has 2 aromatic heterocycles. The second kappa shape index (κ2) is 7.59. The Bertz CT molecular complexity index is 755. The summed E-state index contributed by atoms with van der Waals surface area (Å²) < 4.78 is 4.97. The number of hydrogen-bond acceptors (Lipinski definition) is 6. The van der Waals surface area contributed by atoms with Gasteiger partial charge in [-0.1, -0.05) is 0 Å². The van der Waals surface area contributed by atoms with Crippen molar-refractivity contribution in [1.82, 2.24) is 14.8 Å². The first-order valence-corrected chi connectivity index (χ1v) is 9.83. The van der Waals surface area contributed by atoms with Crippen LogP contribution >= 0.6 is 11.3 Å². The first-order chi connectivity index (χ1) is 12.7. The Labute approximate surface area is 156 Å². The molecule has 138 valence electrons. The number of amides is 2. The molecule has 3 heterocycles. The van der Waals surface area contributed by atoms with Crippen LogP contribution in [0.25, 0.3) is 0 Å². The highest BCUT2D eigenvalue weighted by molar-refractivity contribution is 7.15.